The van der Waals surface area contributed by atoms with Crippen LogP contribution in [0.5, 0.6) is 0 Å². The summed E-state index contributed by atoms with van der Waals surface area (Å²) in [6.07, 6.45) is 1.25. The van der Waals surface area contributed by atoms with Crippen LogP contribution in [-0.4, -0.2) is 52.6 Å². The van der Waals surface area contributed by atoms with Crippen molar-refractivity contribution in [1.82, 2.24) is 15.1 Å². The van der Waals surface area contributed by atoms with Gasteiger partial charge in [0.05, 0.1) is 11.1 Å². The molecule has 33 heavy (non-hydrogen) atoms. The van der Waals surface area contributed by atoms with Crippen LogP contribution in [0.1, 0.15) is 59.4 Å². The number of nitrogens with one attached hydrogen (secondary N) is 1. The smallest absolute Gasteiger partial charge is 0.261 e. The standard InChI is InChI=1S/C25H28BrN3O4/c1-3-14-27-23(31)17(2)29(16-18-10-12-19(26)13-11-18)22(30)9-6-15-28-24(32)20-7-4-5-8-21(20)25(28)33/h4-5,7-8,10-13,17H,3,6,9,14-16H2,1-2H3,(H,27,31). The van der Waals surface area contributed by atoms with Gasteiger partial charge in [-0.3, -0.25) is 24.1 Å². The number of hydrogen-bond donors (Lipinski definition) is 1. The van der Waals surface area contributed by atoms with Crippen molar-refractivity contribution in [1.29, 1.82) is 0 Å². The topological polar surface area (TPSA) is 86.8 Å². The summed E-state index contributed by atoms with van der Waals surface area (Å²) in [5.41, 5.74) is 1.70. The van der Waals surface area contributed by atoms with Gasteiger partial charge in [-0.2, -0.15) is 0 Å². The average molecular weight is 514 g/mol. The SMILES string of the molecule is CCCNC(=O)C(C)N(Cc1ccc(Br)cc1)C(=O)CCCN1C(=O)c2ccccc2C1=O. The number of carbonyl (C=O) groups is 4. The molecule has 1 heterocycles. The molecule has 0 radical (unpaired) electrons. The number of rotatable bonds is 10. The van der Waals surface area contributed by atoms with Gasteiger partial charge in [-0.1, -0.05) is 47.1 Å². The van der Waals surface area contributed by atoms with Crippen molar-refractivity contribution in [2.75, 3.05) is 13.1 Å². The van der Waals surface area contributed by atoms with Gasteiger partial charge in [0.2, 0.25) is 11.8 Å². The molecule has 1 aliphatic rings. The fraction of sp³-hybridized carbons (Fsp3) is 0.360. The molecule has 0 bridgehead atoms. The maximum Gasteiger partial charge on any atom is 0.261 e. The predicted octanol–water partition coefficient (Wildman–Crippen LogP) is 3.77. The molecular formula is C25H28BrN3O4. The predicted molar refractivity (Wildman–Crippen MR) is 128 cm³/mol. The van der Waals surface area contributed by atoms with E-state index in [1.54, 1.807) is 36.1 Å². The molecule has 2 aromatic carbocycles. The van der Waals surface area contributed by atoms with Crippen molar-refractivity contribution in [3.8, 4) is 0 Å². The first-order chi connectivity index (χ1) is 15.8. The van der Waals surface area contributed by atoms with E-state index < -0.39 is 6.04 Å². The Hall–Kier alpha value is -3.00. The first-order valence-corrected chi connectivity index (χ1v) is 11.9. The van der Waals surface area contributed by atoms with Gasteiger partial charge in [-0.05, 0) is 49.6 Å². The Balaban J connectivity index is 1.65. The van der Waals surface area contributed by atoms with E-state index in [1.807, 2.05) is 31.2 Å². The van der Waals surface area contributed by atoms with E-state index in [9.17, 15) is 19.2 Å². The molecular weight excluding hydrogens is 486 g/mol. The minimum Gasteiger partial charge on any atom is -0.354 e. The molecule has 3 rings (SSSR count). The molecule has 4 amide bonds. The van der Waals surface area contributed by atoms with Crippen LogP contribution in [0.15, 0.2) is 53.0 Å². The zero-order chi connectivity index (χ0) is 24.0. The Morgan fingerprint density at radius 2 is 1.64 bits per heavy atom. The van der Waals surface area contributed by atoms with Crippen LogP contribution in [0.25, 0.3) is 0 Å². The van der Waals surface area contributed by atoms with Crippen LogP contribution in [0.4, 0.5) is 0 Å². The van der Waals surface area contributed by atoms with E-state index in [-0.39, 0.29) is 36.6 Å². The number of benzene rings is 2. The molecule has 8 heteroatoms. The number of halogens is 1. The molecule has 0 fully saturated rings. The Labute approximate surface area is 202 Å². The molecule has 1 N–H and O–H groups in total. The minimum atomic E-state index is -0.646. The van der Waals surface area contributed by atoms with E-state index in [0.717, 1.165) is 16.5 Å². The summed E-state index contributed by atoms with van der Waals surface area (Å²) < 4.78 is 0.929. The van der Waals surface area contributed by atoms with Gasteiger partial charge < -0.3 is 10.2 Å². The van der Waals surface area contributed by atoms with Gasteiger partial charge in [0.1, 0.15) is 6.04 Å². The van der Waals surface area contributed by atoms with Gasteiger partial charge in [-0.25, -0.2) is 0 Å². The Kier molecular flexibility index (Phi) is 8.38. The molecule has 0 saturated carbocycles. The van der Waals surface area contributed by atoms with Crippen molar-refractivity contribution < 1.29 is 19.2 Å². The first kappa shape index (κ1) is 24.6. The maximum absolute atomic E-state index is 13.1. The highest BCUT2D eigenvalue weighted by atomic mass is 79.9. The van der Waals surface area contributed by atoms with Gasteiger partial charge in [0.25, 0.3) is 11.8 Å². The minimum absolute atomic E-state index is 0.120. The van der Waals surface area contributed by atoms with E-state index in [4.69, 9.17) is 0 Å². The van der Waals surface area contributed by atoms with E-state index in [1.165, 1.54) is 4.90 Å². The maximum atomic E-state index is 13.1. The zero-order valence-electron chi connectivity index (χ0n) is 18.8. The van der Waals surface area contributed by atoms with Crippen LogP contribution in [0.2, 0.25) is 0 Å². The van der Waals surface area contributed by atoms with Crippen molar-refractivity contribution >= 4 is 39.6 Å². The lowest BCUT2D eigenvalue weighted by molar-refractivity contribution is -0.140. The van der Waals surface area contributed by atoms with Crippen molar-refractivity contribution in [2.45, 2.75) is 45.7 Å². The molecule has 0 aromatic heterocycles. The largest absolute Gasteiger partial charge is 0.354 e. The van der Waals surface area contributed by atoms with Crippen LogP contribution in [0.3, 0.4) is 0 Å². The zero-order valence-corrected chi connectivity index (χ0v) is 20.4. The van der Waals surface area contributed by atoms with Crippen LogP contribution in [-0.2, 0) is 16.1 Å². The quantitative estimate of drug-likeness (QED) is 0.490. The Bertz CT molecular complexity index is 1000. The van der Waals surface area contributed by atoms with Gasteiger partial charge >= 0.3 is 0 Å². The molecule has 1 atom stereocenters. The second-order valence-corrected chi connectivity index (χ2v) is 8.94. The lowest BCUT2D eigenvalue weighted by Crippen LogP contribution is -2.47. The van der Waals surface area contributed by atoms with Crippen molar-refractivity contribution in [3.63, 3.8) is 0 Å². The summed E-state index contributed by atoms with van der Waals surface area (Å²) in [5.74, 6) is -1.07. The molecule has 0 spiro atoms. The summed E-state index contributed by atoms with van der Waals surface area (Å²) in [7, 11) is 0. The monoisotopic (exact) mass is 513 g/mol. The highest BCUT2D eigenvalue weighted by molar-refractivity contribution is 9.10. The summed E-state index contributed by atoms with van der Waals surface area (Å²) in [6.45, 7) is 4.67. The second kappa shape index (κ2) is 11.2. The number of amides is 4. The normalized spacial score (nSPS) is 13.6. The molecule has 1 unspecified atom stereocenters. The number of imide groups is 1. The average Bonchev–Trinajstić information content (AvgIpc) is 3.06. The first-order valence-electron chi connectivity index (χ1n) is 11.1. The van der Waals surface area contributed by atoms with Crippen molar-refractivity contribution in [3.05, 3.63) is 69.7 Å². The Morgan fingerprint density at radius 1 is 1.03 bits per heavy atom. The van der Waals surface area contributed by atoms with Crippen LogP contribution >= 0.6 is 15.9 Å². The van der Waals surface area contributed by atoms with Crippen molar-refractivity contribution in [2.24, 2.45) is 0 Å². The Morgan fingerprint density at radius 3 is 2.21 bits per heavy atom. The molecule has 0 saturated heterocycles. The lowest BCUT2D eigenvalue weighted by Gasteiger charge is -2.29. The number of nitrogens with zero attached hydrogens (tertiary/aromatic N) is 2. The number of hydrogen-bond acceptors (Lipinski definition) is 4. The summed E-state index contributed by atoms with van der Waals surface area (Å²) in [5, 5.41) is 2.85. The second-order valence-electron chi connectivity index (χ2n) is 8.03. The van der Waals surface area contributed by atoms with Crippen LogP contribution < -0.4 is 5.32 Å². The highest BCUT2D eigenvalue weighted by Crippen LogP contribution is 2.23. The third kappa shape index (κ3) is 5.87. The highest BCUT2D eigenvalue weighted by Gasteiger charge is 2.35. The number of fused-ring (bicyclic) bond motifs is 1. The fourth-order valence-electron chi connectivity index (χ4n) is 3.74. The number of carbonyl (C=O) groups excluding carboxylic acids is 4. The third-order valence-corrected chi connectivity index (χ3v) is 6.16. The molecule has 1 aliphatic heterocycles. The van der Waals surface area contributed by atoms with Gasteiger partial charge in [0, 0.05) is 30.5 Å². The van der Waals surface area contributed by atoms with Gasteiger partial charge in [-0.15, -0.1) is 0 Å². The third-order valence-electron chi connectivity index (χ3n) is 5.63. The van der Waals surface area contributed by atoms with E-state index in [2.05, 4.69) is 21.2 Å². The summed E-state index contributed by atoms with van der Waals surface area (Å²) >= 11 is 3.40. The molecule has 174 valence electrons. The summed E-state index contributed by atoms with van der Waals surface area (Å²) in [4.78, 5) is 53.5. The molecule has 0 aliphatic carbocycles. The van der Waals surface area contributed by atoms with Gasteiger partial charge in [0.15, 0.2) is 0 Å². The van der Waals surface area contributed by atoms with E-state index in [0.29, 0.717) is 30.6 Å². The molecule has 2 aromatic rings. The summed E-state index contributed by atoms with van der Waals surface area (Å²) in [6, 6.07) is 13.7. The lowest BCUT2D eigenvalue weighted by atomic mass is 10.1. The fourth-order valence-corrected chi connectivity index (χ4v) is 4.00. The molecule has 7 nitrogen and oxygen atoms in total. The van der Waals surface area contributed by atoms with Crippen LogP contribution in [0, 0.1) is 0 Å². The van der Waals surface area contributed by atoms with E-state index >= 15 is 0 Å².